The molecule has 1 rings (SSSR count). The third-order valence-electron chi connectivity index (χ3n) is 1.36. The van der Waals surface area contributed by atoms with E-state index in [0.717, 1.165) is 6.07 Å². The first kappa shape index (κ1) is 10.6. The lowest BCUT2D eigenvalue weighted by atomic mass is 10.3. The van der Waals surface area contributed by atoms with Gasteiger partial charge in [0.25, 0.3) is 0 Å². The minimum Gasteiger partial charge on any atom is -0.473 e. The monoisotopic (exact) mass is 203 g/mol. The first-order valence-electron chi connectivity index (χ1n) is 3.82. The van der Waals surface area contributed by atoms with Crippen molar-refractivity contribution in [2.24, 2.45) is 0 Å². The summed E-state index contributed by atoms with van der Waals surface area (Å²) in [4.78, 5) is 3.29. The second-order valence-corrected chi connectivity index (χ2v) is 2.46. The average molecular weight is 203 g/mol. The molecule has 0 spiro atoms. The highest BCUT2D eigenvalue weighted by Gasteiger charge is 2.32. The molecule has 0 N–H and O–H groups in total. The minimum absolute atomic E-state index is 0.0558. The van der Waals surface area contributed by atoms with E-state index in [0.29, 0.717) is 0 Å². The Morgan fingerprint density at radius 3 is 2.71 bits per heavy atom. The summed E-state index contributed by atoms with van der Waals surface area (Å²) in [6, 6.07) is 3.49. The van der Waals surface area contributed by atoms with Crippen molar-refractivity contribution in [3.05, 3.63) is 36.5 Å². The number of aromatic nitrogens is 1. The van der Waals surface area contributed by atoms with Gasteiger partial charge in [0.15, 0.2) is 0 Å². The van der Waals surface area contributed by atoms with Crippen LogP contribution in [0.15, 0.2) is 30.9 Å². The van der Waals surface area contributed by atoms with Gasteiger partial charge in [0.1, 0.15) is 12.3 Å². The lowest BCUT2D eigenvalue weighted by Crippen LogP contribution is -2.08. The van der Waals surface area contributed by atoms with E-state index in [1.165, 1.54) is 18.2 Å². The fourth-order valence-electron chi connectivity index (χ4n) is 0.797. The number of hydrogen-bond acceptors (Lipinski definition) is 2. The van der Waals surface area contributed by atoms with Gasteiger partial charge in [-0.3, -0.25) is 0 Å². The smallest absolute Gasteiger partial charge is 0.433 e. The predicted octanol–water partition coefficient (Wildman–Crippen LogP) is 2.67. The standard InChI is InChI=1S/C9H8F3NO/c1-2-6-14-8-5-3-4-7(13-8)9(10,11)12/h2-5H,1,6H2. The maximum atomic E-state index is 12.2. The lowest BCUT2D eigenvalue weighted by molar-refractivity contribution is -0.141. The van der Waals surface area contributed by atoms with Crippen molar-refractivity contribution in [1.29, 1.82) is 0 Å². The van der Waals surface area contributed by atoms with Crippen molar-refractivity contribution in [3.8, 4) is 5.88 Å². The molecular weight excluding hydrogens is 195 g/mol. The molecule has 2 nitrogen and oxygen atoms in total. The van der Waals surface area contributed by atoms with Crippen molar-refractivity contribution in [2.45, 2.75) is 6.18 Å². The molecule has 0 aliphatic carbocycles. The quantitative estimate of drug-likeness (QED) is 0.704. The summed E-state index contributed by atoms with van der Waals surface area (Å²) in [5.74, 6) is -0.0558. The predicted molar refractivity (Wildman–Crippen MR) is 44.9 cm³/mol. The van der Waals surface area contributed by atoms with Gasteiger partial charge in [0.05, 0.1) is 0 Å². The molecule has 1 aromatic rings. The van der Waals surface area contributed by atoms with Gasteiger partial charge in [-0.25, -0.2) is 4.98 Å². The second-order valence-electron chi connectivity index (χ2n) is 2.46. The molecule has 0 fully saturated rings. The molecule has 0 unspecified atom stereocenters. The van der Waals surface area contributed by atoms with Crippen molar-refractivity contribution in [2.75, 3.05) is 6.61 Å². The minimum atomic E-state index is -4.44. The average Bonchev–Trinajstić information content (AvgIpc) is 2.14. The molecule has 0 saturated heterocycles. The third kappa shape index (κ3) is 2.76. The topological polar surface area (TPSA) is 22.1 Å². The Labute approximate surface area is 79.0 Å². The normalized spacial score (nSPS) is 11.1. The molecule has 0 aromatic carbocycles. The van der Waals surface area contributed by atoms with Gasteiger partial charge < -0.3 is 4.74 Å². The summed E-state index contributed by atoms with van der Waals surface area (Å²) in [6.07, 6.45) is -3.00. The van der Waals surface area contributed by atoms with Gasteiger partial charge in [-0.2, -0.15) is 13.2 Å². The molecule has 0 amide bonds. The summed E-state index contributed by atoms with van der Waals surface area (Å²) < 4.78 is 41.3. The Kier molecular flexibility index (Phi) is 3.11. The van der Waals surface area contributed by atoms with Crippen LogP contribution in [0.25, 0.3) is 0 Å². The number of rotatable bonds is 3. The Morgan fingerprint density at radius 1 is 1.43 bits per heavy atom. The number of halogens is 3. The molecule has 0 atom stereocenters. The van der Waals surface area contributed by atoms with Crippen LogP contribution < -0.4 is 4.74 Å². The van der Waals surface area contributed by atoms with E-state index in [4.69, 9.17) is 4.74 Å². The molecule has 5 heteroatoms. The zero-order valence-corrected chi connectivity index (χ0v) is 7.21. The van der Waals surface area contributed by atoms with Crippen molar-refractivity contribution in [1.82, 2.24) is 4.98 Å². The van der Waals surface area contributed by atoms with Gasteiger partial charge in [-0.1, -0.05) is 18.7 Å². The first-order valence-corrected chi connectivity index (χ1v) is 3.82. The van der Waals surface area contributed by atoms with Gasteiger partial charge in [-0.05, 0) is 6.07 Å². The van der Waals surface area contributed by atoms with Crippen LogP contribution in [0.1, 0.15) is 5.69 Å². The van der Waals surface area contributed by atoms with Crippen LogP contribution in [0.5, 0.6) is 5.88 Å². The summed E-state index contributed by atoms with van der Waals surface area (Å²) in [6.45, 7) is 3.51. The molecule has 0 radical (unpaired) electrons. The van der Waals surface area contributed by atoms with Crippen LogP contribution in [0.4, 0.5) is 13.2 Å². The second kappa shape index (κ2) is 4.13. The van der Waals surface area contributed by atoms with Crippen LogP contribution >= 0.6 is 0 Å². The molecular formula is C9H8F3NO. The van der Waals surface area contributed by atoms with E-state index in [1.807, 2.05) is 0 Å². The highest BCUT2D eigenvalue weighted by molar-refractivity contribution is 5.17. The molecule has 0 saturated carbocycles. The molecule has 14 heavy (non-hydrogen) atoms. The maximum Gasteiger partial charge on any atom is 0.433 e. The van der Waals surface area contributed by atoms with Gasteiger partial charge >= 0.3 is 6.18 Å². The first-order chi connectivity index (χ1) is 6.54. The lowest BCUT2D eigenvalue weighted by Gasteiger charge is -2.07. The van der Waals surface area contributed by atoms with E-state index in [2.05, 4.69) is 11.6 Å². The van der Waals surface area contributed by atoms with Crippen molar-refractivity contribution >= 4 is 0 Å². The van der Waals surface area contributed by atoms with Crippen LogP contribution in [0.2, 0.25) is 0 Å². The summed E-state index contributed by atoms with van der Waals surface area (Å²) in [5, 5.41) is 0. The Morgan fingerprint density at radius 2 is 2.14 bits per heavy atom. The third-order valence-corrected chi connectivity index (χ3v) is 1.36. The van der Waals surface area contributed by atoms with Crippen LogP contribution in [0.3, 0.4) is 0 Å². The number of nitrogens with zero attached hydrogens (tertiary/aromatic N) is 1. The SMILES string of the molecule is C=CCOc1cccc(C(F)(F)F)n1. The zero-order chi connectivity index (χ0) is 10.6. The number of alkyl halides is 3. The van der Waals surface area contributed by atoms with Crippen LogP contribution in [-0.2, 0) is 6.18 Å². The number of hydrogen-bond donors (Lipinski definition) is 0. The Bertz CT molecular complexity index is 322. The highest BCUT2D eigenvalue weighted by atomic mass is 19.4. The van der Waals surface area contributed by atoms with Crippen LogP contribution in [-0.4, -0.2) is 11.6 Å². The molecule has 1 heterocycles. The summed E-state index contributed by atoms with van der Waals surface area (Å²) >= 11 is 0. The number of pyridine rings is 1. The Hall–Kier alpha value is -1.52. The number of ether oxygens (including phenoxy) is 1. The summed E-state index contributed by atoms with van der Waals surface area (Å²) in [5.41, 5.74) is -0.959. The maximum absolute atomic E-state index is 12.2. The van der Waals surface area contributed by atoms with Gasteiger partial charge in [0, 0.05) is 6.07 Å². The highest BCUT2D eigenvalue weighted by Crippen LogP contribution is 2.28. The van der Waals surface area contributed by atoms with Crippen LogP contribution in [0, 0.1) is 0 Å². The van der Waals surface area contributed by atoms with Gasteiger partial charge in [-0.15, -0.1) is 0 Å². The Balaban J connectivity index is 2.84. The molecule has 0 aliphatic rings. The molecule has 0 bridgehead atoms. The molecule has 1 aromatic heterocycles. The zero-order valence-electron chi connectivity index (χ0n) is 7.21. The van der Waals surface area contributed by atoms with E-state index >= 15 is 0 Å². The molecule has 76 valence electrons. The van der Waals surface area contributed by atoms with E-state index < -0.39 is 11.9 Å². The van der Waals surface area contributed by atoms with E-state index in [9.17, 15) is 13.2 Å². The van der Waals surface area contributed by atoms with Crippen molar-refractivity contribution in [3.63, 3.8) is 0 Å². The fraction of sp³-hybridized carbons (Fsp3) is 0.222. The fourth-order valence-corrected chi connectivity index (χ4v) is 0.797. The van der Waals surface area contributed by atoms with Crippen molar-refractivity contribution < 1.29 is 17.9 Å². The van der Waals surface area contributed by atoms with Gasteiger partial charge in [0.2, 0.25) is 5.88 Å². The largest absolute Gasteiger partial charge is 0.473 e. The van der Waals surface area contributed by atoms with E-state index in [-0.39, 0.29) is 12.5 Å². The van der Waals surface area contributed by atoms with E-state index in [1.54, 1.807) is 0 Å². The molecule has 0 aliphatic heterocycles. The summed E-state index contributed by atoms with van der Waals surface area (Å²) in [7, 11) is 0.